The van der Waals surface area contributed by atoms with E-state index in [1.165, 1.54) is 11.3 Å². The number of amides is 2. The minimum atomic E-state index is -0.00725. The van der Waals surface area contributed by atoms with Gasteiger partial charge in [-0.2, -0.15) is 0 Å². The molecule has 1 atom stereocenters. The van der Waals surface area contributed by atoms with Gasteiger partial charge in [0, 0.05) is 49.4 Å². The molecule has 0 N–H and O–H groups in total. The molecule has 3 heterocycles. The number of aryl methyl sites for hydroxylation is 1. The summed E-state index contributed by atoms with van der Waals surface area (Å²) in [5, 5.41) is 2.84. The van der Waals surface area contributed by atoms with Crippen LogP contribution in [0.15, 0.2) is 23.6 Å². The number of thiazole rings is 1. The van der Waals surface area contributed by atoms with Crippen LogP contribution in [0, 0.1) is 6.92 Å². The summed E-state index contributed by atoms with van der Waals surface area (Å²) in [6.07, 6.45) is 2.23. The summed E-state index contributed by atoms with van der Waals surface area (Å²) in [5.74, 6) is 1.78. The number of aromatic nitrogens is 1. The summed E-state index contributed by atoms with van der Waals surface area (Å²) in [6.45, 7) is 5.75. The zero-order chi connectivity index (χ0) is 23.4. The van der Waals surface area contributed by atoms with Gasteiger partial charge in [0.2, 0.25) is 11.8 Å². The van der Waals surface area contributed by atoms with Crippen molar-refractivity contribution in [1.29, 1.82) is 0 Å². The molecule has 2 saturated heterocycles. The molecule has 178 valence electrons. The van der Waals surface area contributed by atoms with E-state index >= 15 is 0 Å². The Kier molecular flexibility index (Phi) is 7.49. The molecule has 9 heteroatoms. The molecule has 0 bridgehead atoms. The van der Waals surface area contributed by atoms with Gasteiger partial charge >= 0.3 is 0 Å². The number of hydrogen-bond acceptors (Lipinski definition) is 7. The maximum atomic E-state index is 13.2. The molecule has 0 spiro atoms. The molecule has 2 amide bonds. The minimum Gasteiger partial charge on any atom is -0.497 e. The number of likely N-dealkylation sites (tertiary alicyclic amines) is 1. The Bertz CT molecular complexity index is 987. The van der Waals surface area contributed by atoms with E-state index in [1.54, 1.807) is 14.2 Å². The Balaban J connectivity index is 1.33. The average molecular weight is 473 g/mol. The summed E-state index contributed by atoms with van der Waals surface area (Å²) < 4.78 is 11.0. The summed E-state index contributed by atoms with van der Waals surface area (Å²) in [4.78, 5) is 36.2. The largest absolute Gasteiger partial charge is 0.497 e. The molecule has 2 aliphatic rings. The number of methoxy groups -OCH3 is 2. The molecule has 33 heavy (non-hydrogen) atoms. The van der Waals surface area contributed by atoms with Crippen LogP contribution in [0.3, 0.4) is 0 Å². The van der Waals surface area contributed by atoms with Crippen molar-refractivity contribution in [2.24, 2.45) is 0 Å². The van der Waals surface area contributed by atoms with E-state index in [0.717, 1.165) is 47.2 Å². The van der Waals surface area contributed by atoms with Gasteiger partial charge in [-0.15, -0.1) is 11.3 Å². The van der Waals surface area contributed by atoms with Crippen molar-refractivity contribution < 1.29 is 19.1 Å². The molecule has 0 aliphatic carbocycles. The number of benzene rings is 1. The molecule has 1 aromatic carbocycles. The average Bonchev–Trinajstić information content (AvgIpc) is 3.48. The third-order valence-corrected chi connectivity index (χ3v) is 7.39. The highest BCUT2D eigenvalue weighted by molar-refractivity contribution is 7.09. The van der Waals surface area contributed by atoms with Gasteiger partial charge in [-0.25, -0.2) is 4.98 Å². The van der Waals surface area contributed by atoms with Gasteiger partial charge in [0.1, 0.15) is 16.5 Å². The van der Waals surface area contributed by atoms with Crippen LogP contribution in [0.4, 0.5) is 0 Å². The zero-order valence-electron chi connectivity index (χ0n) is 19.6. The quantitative estimate of drug-likeness (QED) is 0.617. The molecule has 0 saturated carbocycles. The lowest BCUT2D eigenvalue weighted by Crippen LogP contribution is -2.51. The highest BCUT2D eigenvalue weighted by Crippen LogP contribution is 2.39. The van der Waals surface area contributed by atoms with Crippen LogP contribution in [0.5, 0.6) is 11.5 Å². The standard InChI is InChI=1S/C24H32N4O4S/c1-17-16-33-22(25-17)14-23(29)27-11-9-26(10-12-27)15-24(30)28-8-4-5-20(28)19-13-18(31-2)6-7-21(19)32-3/h6-7,13,16,20H,4-5,8-12,14-15H2,1-3H3. The van der Waals surface area contributed by atoms with E-state index in [9.17, 15) is 9.59 Å². The van der Waals surface area contributed by atoms with Crippen LogP contribution in [0.1, 0.15) is 35.1 Å². The Hall–Kier alpha value is -2.65. The fourth-order valence-electron chi connectivity index (χ4n) is 4.65. The van der Waals surface area contributed by atoms with E-state index in [4.69, 9.17) is 9.47 Å². The topological polar surface area (TPSA) is 75.2 Å². The van der Waals surface area contributed by atoms with E-state index < -0.39 is 0 Å². The molecule has 2 fully saturated rings. The lowest BCUT2D eigenvalue weighted by molar-refractivity contribution is -0.135. The third kappa shape index (κ3) is 5.47. The second-order valence-electron chi connectivity index (χ2n) is 8.57. The summed E-state index contributed by atoms with van der Waals surface area (Å²) >= 11 is 1.53. The molecule has 8 nitrogen and oxygen atoms in total. The van der Waals surface area contributed by atoms with Gasteiger partial charge in [0.15, 0.2) is 0 Å². The molecule has 1 unspecified atom stereocenters. The van der Waals surface area contributed by atoms with Crippen molar-refractivity contribution in [2.45, 2.75) is 32.2 Å². The summed E-state index contributed by atoms with van der Waals surface area (Å²) in [5.41, 5.74) is 1.95. The Morgan fingerprint density at radius 2 is 1.88 bits per heavy atom. The first-order valence-electron chi connectivity index (χ1n) is 11.4. The van der Waals surface area contributed by atoms with Gasteiger partial charge in [0.25, 0.3) is 0 Å². The van der Waals surface area contributed by atoms with Crippen LogP contribution in [0.25, 0.3) is 0 Å². The number of ether oxygens (including phenoxy) is 2. The predicted octanol–water partition coefficient (Wildman–Crippen LogP) is 2.52. The molecular weight excluding hydrogens is 440 g/mol. The highest BCUT2D eigenvalue weighted by atomic mass is 32.1. The third-order valence-electron chi connectivity index (χ3n) is 6.42. The lowest BCUT2D eigenvalue weighted by Gasteiger charge is -2.36. The number of rotatable bonds is 7. The van der Waals surface area contributed by atoms with Crippen molar-refractivity contribution in [3.05, 3.63) is 39.8 Å². The van der Waals surface area contributed by atoms with Crippen LogP contribution < -0.4 is 9.47 Å². The van der Waals surface area contributed by atoms with Crippen LogP contribution in [-0.2, 0) is 16.0 Å². The normalized spacial score (nSPS) is 19.1. The van der Waals surface area contributed by atoms with Crippen molar-refractivity contribution in [2.75, 3.05) is 53.5 Å². The smallest absolute Gasteiger partial charge is 0.237 e. The molecule has 1 aromatic heterocycles. The maximum absolute atomic E-state index is 13.2. The van der Waals surface area contributed by atoms with Crippen molar-refractivity contribution in [1.82, 2.24) is 19.7 Å². The number of piperazine rings is 1. The van der Waals surface area contributed by atoms with Gasteiger partial charge in [-0.05, 0) is 38.0 Å². The summed E-state index contributed by atoms with van der Waals surface area (Å²) in [7, 11) is 3.30. The minimum absolute atomic E-state index is 0.00725. The van der Waals surface area contributed by atoms with Crippen molar-refractivity contribution >= 4 is 23.2 Å². The van der Waals surface area contributed by atoms with E-state index in [0.29, 0.717) is 39.1 Å². The predicted molar refractivity (Wildman–Crippen MR) is 127 cm³/mol. The van der Waals surface area contributed by atoms with Gasteiger partial charge in [-0.3, -0.25) is 14.5 Å². The van der Waals surface area contributed by atoms with Crippen molar-refractivity contribution in [3.63, 3.8) is 0 Å². The second-order valence-corrected chi connectivity index (χ2v) is 9.51. The zero-order valence-corrected chi connectivity index (χ0v) is 20.4. The number of hydrogen-bond donors (Lipinski definition) is 0. The number of carbonyl (C=O) groups is 2. The lowest BCUT2D eigenvalue weighted by atomic mass is 10.0. The Morgan fingerprint density at radius 3 is 2.55 bits per heavy atom. The number of nitrogens with zero attached hydrogens (tertiary/aromatic N) is 4. The molecular formula is C24H32N4O4S. The number of carbonyl (C=O) groups excluding carboxylic acids is 2. The van der Waals surface area contributed by atoms with Gasteiger partial charge < -0.3 is 19.3 Å². The molecule has 2 aromatic rings. The van der Waals surface area contributed by atoms with Gasteiger partial charge in [0.05, 0.1) is 33.2 Å². The van der Waals surface area contributed by atoms with E-state index in [-0.39, 0.29) is 17.9 Å². The van der Waals surface area contributed by atoms with Crippen LogP contribution in [-0.4, -0.2) is 85.0 Å². The van der Waals surface area contributed by atoms with Crippen LogP contribution >= 0.6 is 11.3 Å². The first-order chi connectivity index (χ1) is 16.0. The van der Waals surface area contributed by atoms with Crippen LogP contribution in [0.2, 0.25) is 0 Å². The SMILES string of the molecule is COc1ccc(OC)c(C2CCCN2C(=O)CN2CCN(C(=O)Cc3nc(C)cs3)CC2)c1. The van der Waals surface area contributed by atoms with E-state index in [2.05, 4.69) is 9.88 Å². The first-order valence-corrected chi connectivity index (χ1v) is 12.3. The van der Waals surface area contributed by atoms with Gasteiger partial charge in [-0.1, -0.05) is 0 Å². The molecule has 0 radical (unpaired) electrons. The highest BCUT2D eigenvalue weighted by Gasteiger charge is 2.33. The second kappa shape index (κ2) is 10.5. The molecule has 4 rings (SSSR count). The molecule has 2 aliphatic heterocycles. The maximum Gasteiger partial charge on any atom is 0.237 e. The van der Waals surface area contributed by atoms with E-state index in [1.807, 2.05) is 40.3 Å². The van der Waals surface area contributed by atoms with Crippen molar-refractivity contribution in [3.8, 4) is 11.5 Å². The Morgan fingerprint density at radius 1 is 1.09 bits per heavy atom. The monoisotopic (exact) mass is 472 g/mol. The summed E-state index contributed by atoms with van der Waals surface area (Å²) in [6, 6.07) is 5.74. The Labute approximate surface area is 199 Å². The fourth-order valence-corrected chi connectivity index (χ4v) is 5.41. The first kappa shape index (κ1) is 23.5. The fraction of sp³-hybridized carbons (Fsp3) is 0.542.